The fourth-order valence-electron chi connectivity index (χ4n) is 2.55. The van der Waals surface area contributed by atoms with Crippen LogP contribution in [0.25, 0.3) is 0 Å². The largest absolute Gasteiger partial charge is 0.399 e. The molecule has 7 heteroatoms. The highest BCUT2D eigenvalue weighted by atomic mass is 32.2. The second kappa shape index (κ2) is 5.65. The van der Waals surface area contributed by atoms with Crippen molar-refractivity contribution in [3.63, 3.8) is 0 Å². The number of halogens is 2. The lowest BCUT2D eigenvalue weighted by Gasteiger charge is -2.26. The van der Waals surface area contributed by atoms with Gasteiger partial charge in [-0.1, -0.05) is 12.8 Å². The van der Waals surface area contributed by atoms with Crippen LogP contribution >= 0.6 is 0 Å². The maximum atomic E-state index is 13.9. The van der Waals surface area contributed by atoms with E-state index in [0.717, 1.165) is 25.0 Å². The van der Waals surface area contributed by atoms with Crippen LogP contribution in [0.2, 0.25) is 0 Å². The molecule has 1 aliphatic rings. The molecule has 4 nitrogen and oxygen atoms in total. The number of hydrogen-bond acceptors (Lipinski definition) is 3. The summed E-state index contributed by atoms with van der Waals surface area (Å²) in [5.41, 5.74) is 5.18. The Morgan fingerprint density at radius 2 is 1.80 bits per heavy atom. The Hall–Kier alpha value is -1.21. The zero-order valence-corrected chi connectivity index (χ0v) is 12.1. The van der Waals surface area contributed by atoms with Gasteiger partial charge in [0.15, 0.2) is 4.90 Å². The Morgan fingerprint density at radius 1 is 1.20 bits per heavy atom. The predicted molar refractivity (Wildman–Crippen MR) is 72.6 cm³/mol. The van der Waals surface area contributed by atoms with Gasteiger partial charge in [0.2, 0.25) is 10.0 Å². The summed E-state index contributed by atoms with van der Waals surface area (Å²) in [6.45, 7) is 2.04. The fourth-order valence-corrected chi connectivity index (χ4v) is 4.34. The smallest absolute Gasteiger partial charge is 0.249 e. The van der Waals surface area contributed by atoms with Crippen LogP contribution in [0, 0.1) is 11.6 Å². The first-order chi connectivity index (χ1) is 9.34. The van der Waals surface area contributed by atoms with Gasteiger partial charge in [0.25, 0.3) is 0 Å². The molecule has 1 aromatic rings. The molecule has 0 spiro atoms. The molecular weight excluding hydrogens is 286 g/mol. The quantitative estimate of drug-likeness (QED) is 0.854. The number of anilines is 1. The monoisotopic (exact) mass is 304 g/mol. The molecule has 1 unspecified atom stereocenters. The molecule has 1 fully saturated rings. The maximum Gasteiger partial charge on any atom is 0.249 e. The molecular formula is C13H18F2N2O2S. The van der Waals surface area contributed by atoms with Crippen molar-refractivity contribution < 1.29 is 17.2 Å². The highest BCUT2D eigenvalue weighted by molar-refractivity contribution is 7.89. The summed E-state index contributed by atoms with van der Waals surface area (Å²) in [6.07, 6.45) is 3.22. The summed E-state index contributed by atoms with van der Waals surface area (Å²) in [7, 11) is -4.18. The van der Waals surface area contributed by atoms with Crippen molar-refractivity contribution in [1.82, 2.24) is 4.31 Å². The number of hydrogen-bond donors (Lipinski definition) is 1. The van der Waals surface area contributed by atoms with Crippen molar-refractivity contribution in [3.05, 3.63) is 23.8 Å². The second-order valence-corrected chi connectivity index (χ2v) is 6.96. The van der Waals surface area contributed by atoms with Crippen LogP contribution in [0.15, 0.2) is 17.0 Å². The normalized spacial score (nSPS) is 21.6. The van der Waals surface area contributed by atoms with Gasteiger partial charge in [-0.25, -0.2) is 17.2 Å². The van der Waals surface area contributed by atoms with Crippen molar-refractivity contribution >= 4 is 15.7 Å². The van der Waals surface area contributed by atoms with E-state index in [0.29, 0.717) is 12.8 Å². The third-order valence-electron chi connectivity index (χ3n) is 3.58. The van der Waals surface area contributed by atoms with Crippen LogP contribution in [-0.2, 0) is 10.0 Å². The first kappa shape index (κ1) is 15.2. The van der Waals surface area contributed by atoms with Crippen LogP contribution in [0.1, 0.15) is 32.6 Å². The third kappa shape index (κ3) is 2.78. The lowest BCUT2D eigenvalue weighted by molar-refractivity contribution is 0.338. The number of nitrogens with two attached hydrogens (primary N) is 1. The number of sulfonamides is 1. The molecule has 2 rings (SSSR count). The highest BCUT2D eigenvalue weighted by Crippen LogP contribution is 2.29. The van der Waals surface area contributed by atoms with E-state index in [4.69, 9.17) is 5.73 Å². The molecule has 0 radical (unpaired) electrons. The summed E-state index contributed by atoms with van der Waals surface area (Å²) in [4.78, 5) is -0.902. The topological polar surface area (TPSA) is 63.4 Å². The van der Waals surface area contributed by atoms with Gasteiger partial charge in [-0.3, -0.25) is 0 Å². The molecule has 0 saturated carbocycles. The minimum Gasteiger partial charge on any atom is -0.399 e. The van der Waals surface area contributed by atoms with Gasteiger partial charge in [-0.05, 0) is 31.9 Å². The van der Waals surface area contributed by atoms with Crippen LogP contribution in [0.3, 0.4) is 0 Å². The summed E-state index contributed by atoms with van der Waals surface area (Å²) in [5, 5.41) is 0. The SMILES string of the molecule is CC1CCCCCN1S(=O)(=O)c1c(F)cc(N)cc1F. The lowest BCUT2D eigenvalue weighted by Crippen LogP contribution is -2.39. The van der Waals surface area contributed by atoms with E-state index in [1.165, 1.54) is 4.31 Å². The molecule has 1 heterocycles. The number of benzene rings is 1. The number of rotatable bonds is 2. The van der Waals surface area contributed by atoms with Crippen molar-refractivity contribution in [2.24, 2.45) is 0 Å². The third-order valence-corrected chi connectivity index (χ3v) is 5.65. The summed E-state index contributed by atoms with van der Waals surface area (Å²) in [6, 6.07) is 1.40. The molecule has 1 aromatic carbocycles. The van der Waals surface area contributed by atoms with E-state index >= 15 is 0 Å². The molecule has 1 saturated heterocycles. The summed E-state index contributed by atoms with van der Waals surface area (Å²) >= 11 is 0. The molecule has 1 atom stereocenters. The van der Waals surface area contributed by atoms with Crippen molar-refractivity contribution in [1.29, 1.82) is 0 Å². The molecule has 2 N–H and O–H groups in total. The van der Waals surface area contributed by atoms with Crippen LogP contribution in [0.5, 0.6) is 0 Å². The average Bonchev–Trinajstić information content (AvgIpc) is 2.52. The maximum absolute atomic E-state index is 13.9. The molecule has 0 bridgehead atoms. The minimum atomic E-state index is -4.18. The summed E-state index contributed by atoms with van der Waals surface area (Å²) in [5.74, 6) is -2.28. The molecule has 112 valence electrons. The Morgan fingerprint density at radius 3 is 2.40 bits per heavy atom. The molecule has 0 aliphatic carbocycles. The number of nitrogen functional groups attached to an aromatic ring is 1. The van der Waals surface area contributed by atoms with Crippen LogP contribution in [-0.4, -0.2) is 25.3 Å². The van der Waals surface area contributed by atoms with Gasteiger partial charge in [0.1, 0.15) is 11.6 Å². The van der Waals surface area contributed by atoms with Gasteiger partial charge in [0, 0.05) is 18.3 Å². The highest BCUT2D eigenvalue weighted by Gasteiger charge is 2.34. The fraction of sp³-hybridized carbons (Fsp3) is 0.538. The van der Waals surface area contributed by atoms with E-state index in [1.54, 1.807) is 6.92 Å². The van der Waals surface area contributed by atoms with Crippen molar-refractivity contribution in [2.75, 3.05) is 12.3 Å². The van der Waals surface area contributed by atoms with Crippen molar-refractivity contribution in [2.45, 2.75) is 43.5 Å². The van der Waals surface area contributed by atoms with Gasteiger partial charge < -0.3 is 5.73 Å². The van der Waals surface area contributed by atoms with Gasteiger partial charge in [0.05, 0.1) is 0 Å². The van der Waals surface area contributed by atoms with E-state index in [-0.39, 0.29) is 18.3 Å². The van der Waals surface area contributed by atoms with Crippen LogP contribution in [0.4, 0.5) is 14.5 Å². The zero-order valence-electron chi connectivity index (χ0n) is 11.3. The minimum absolute atomic E-state index is 0.136. The molecule has 0 amide bonds. The summed E-state index contributed by atoms with van der Waals surface area (Å²) < 4.78 is 53.9. The zero-order chi connectivity index (χ0) is 14.9. The Balaban J connectivity index is 2.49. The lowest BCUT2D eigenvalue weighted by atomic mass is 10.1. The predicted octanol–water partition coefficient (Wildman–Crippen LogP) is 2.50. The average molecular weight is 304 g/mol. The van der Waals surface area contributed by atoms with E-state index in [9.17, 15) is 17.2 Å². The van der Waals surface area contributed by atoms with Crippen LogP contribution < -0.4 is 5.73 Å². The van der Waals surface area contributed by atoms with Gasteiger partial charge in [-0.2, -0.15) is 4.31 Å². The van der Waals surface area contributed by atoms with E-state index in [1.807, 2.05) is 0 Å². The Bertz CT molecular complexity index is 581. The molecule has 0 aromatic heterocycles. The molecule has 20 heavy (non-hydrogen) atoms. The standard InChI is InChI=1S/C13H18F2N2O2S/c1-9-5-3-2-4-6-17(9)20(18,19)13-11(14)7-10(16)8-12(13)15/h7-9H,2-6,16H2,1H3. The number of nitrogens with zero attached hydrogens (tertiary/aromatic N) is 1. The van der Waals surface area contributed by atoms with Gasteiger partial charge in [-0.15, -0.1) is 0 Å². The Kier molecular flexibility index (Phi) is 4.29. The first-order valence-corrected chi connectivity index (χ1v) is 8.04. The molecule has 1 aliphatic heterocycles. The van der Waals surface area contributed by atoms with Crippen molar-refractivity contribution in [3.8, 4) is 0 Å². The Labute approximate surface area is 117 Å². The van der Waals surface area contributed by atoms with E-state index in [2.05, 4.69) is 0 Å². The van der Waals surface area contributed by atoms with Gasteiger partial charge >= 0.3 is 0 Å². The van der Waals surface area contributed by atoms with E-state index < -0.39 is 26.6 Å². The first-order valence-electron chi connectivity index (χ1n) is 6.60. The second-order valence-electron chi connectivity index (χ2n) is 5.13.